The second-order valence-corrected chi connectivity index (χ2v) is 9.26. The number of nitrogens with one attached hydrogen (secondary N) is 1. The Bertz CT molecular complexity index is 840. The molecule has 3 rings (SSSR count). The summed E-state index contributed by atoms with van der Waals surface area (Å²) >= 11 is 7.62. The minimum absolute atomic E-state index is 0.0601. The lowest BCUT2D eigenvalue weighted by molar-refractivity contribution is -0.139. The van der Waals surface area contributed by atoms with Crippen LogP contribution in [0.3, 0.4) is 0 Å². The van der Waals surface area contributed by atoms with Gasteiger partial charge in [0, 0.05) is 22.5 Å². The van der Waals surface area contributed by atoms with Crippen molar-refractivity contribution >= 4 is 35.2 Å². The van der Waals surface area contributed by atoms with Gasteiger partial charge >= 0.3 is 0 Å². The molecule has 1 N–H and O–H groups in total. The van der Waals surface area contributed by atoms with Crippen molar-refractivity contribution in [3.05, 3.63) is 65.2 Å². The summed E-state index contributed by atoms with van der Waals surface area (Å²) < 4.78 is 0. The van der Waals surface area contributed by atoms with Gasteiger partial charge in [0.1, 0.15) is 6.04 Å². The van der Waals surface area contributed by atoms with Crippen molar-refractivity contribution in [2.45, 2.75) is 62.6 Å². The van der Waals surface area contributed by atoms with Crippen molar-refractivity contribution in [2.75, 3.05) is 5.75 Å². The summed E-state index contributed by atoms with van der Waals surface area (Å²) in [5.41, 5.74) is 0.915. The molecule has 0 heterocycles. The second kappa shape index (κ2) is 11.4. The lowest BCUT2D eigenvalue weighted by atomic mass is 9.95. The Morgan fingerprint density at radius 3 is 2.53 bits per heavy atom. The van der Waals surface area contributed by atoms with Crippen LogP contribution in [0.15, 0.2) is 59.5 Å². The van der Waals surface area contributed by atoms with Crippen molar-refractivity contribution in [1.82, 2.24) is 10.2 Å². The van der Waals surface area contributed by atoms with Crippen molar-refractivity contribution < 1.29 is 9.59 Å². The standard InChI is InChI=1S/C24H29ClN2O2S/c1-18(24(29)26-21-11-4-2-5-12-21)27(16-19-9-8-10-20(25)15-19)23(28)17-30-22-13-6-3-7-14-22/h3,6-10,13-15,18,21H,2,4-5,11-12,16-17H2,1H3,(H,26,29)/t18-/m0/s1. The third-order valence-corrected chi connectivity index (χ3v) is 6.70. The zero-order valence-electron chi connectivity index (χ0n) is 17.4. The summed E-state index contributed by atoms with van der Waals surface area (Å²) in [6, 6.07) is 17.0. The molecule has 2 amide bonds. The smallest absolute Gasteiger partial charge is 0.242 e. The molecule has 2 aromatic carbocycles. The monoisotopic (exact) mass is 444 g/mol. The summed E-state index contributed by atoms with van der Waals surface area (Å²) in [4.78, 5) is 28.8. The summed E-state index contributed by atoms with van der Waals surface area (Å²) in [6.45, 7) is 2.17. The highest BCUT2D eigenvalue weighted by Crippen LogP contribution is 2.21. The Morgan fingerprint density at radius 1 is 1.10 bits per heavy atom. The van der Waals surface area contributed by atoms with Crippen LogP contribution < -0.4 is 5.32 Å². The van der Waals surface area contributed by atoms with Crippen LogP contribution in [0.2, 0.25) is 5.02 Å². The average Bonchev–Trinajstić information content (AvgIpc) is 2.77. The van der Waals surface area contributed by atoms with Gasteiger partial charge in [-0.25, -0.2) is 0 Å². The van der Waals surface area contributed by atoms with Crippen molar-refractivity contribution in [2.24, 2.45) is 0 Å². The molecule has 0 aromatic heterocycles. The van der Waals surface area contributed by atoms with Gasteiger partial charge < -0.3 is 10.2 Å². The number of benzene rings is 2. The third-order valence-electron chi connectivity index (χ3n) is 5.47. The summed E-state index contributed by atoms with van der Waals surface area (Å²) in [5, 5.41) is 3.78. The fourth-order valence-electron chi connectivity index (χ4n) is 3.73. The fourth-order valence-corrected chi connectivity index (χ4v) is 4.75. The molecule has 4 nitrogen and oxygen atoms in total. The van der Waals surface area contributed by atoms with Crippen LogP contribution in [-0.4, -0.2) is 34.6 Å². The zero-order valence-corrected chi connectivity index (χ0v) is 18.9. The Kier molecular flexibility index (Phi) is 8.64. The van der Waals surface area contributed by atoms with Crippen LogP contribution in [0.1, 0.15) is 44.6 Å². The summed E-state index contributed by atoms with van der Waals surface area (Å²) in [7, 11) is 0. The molecule has 1 fully saturated rings. The Labute approximate surface area is 188 Å². The van der Waals surface area contributed by atoms with E-state index in [9.17, 15) is 9.59 Å². The predicted molar refractivity (Wildman–Crippen MR) is 124 cm³/mol. The molecule has 160 valence electrons. The van der Waals surface area contributed by atoms with Crippen LogP contribution in [-0.2, 0) is 16.1 Å². The molecule has 30 heavy (non-hydrogen) atoms. The van der Waals surface area contributed by atoms with E-state index in [1.54, 1.807) is 4.90 Å². The summed E-state index contributed by atoms with van der Waals surface area (Å²) in [5.74, 6) is 0.142. The molecule has 0 radical (unpaired) electrons. The van der Waals surface area contributed by atoms with E-state index in [-0.39, 0.29) is 23.6 Å². The van der Waals surface area contributed by atoms with Crippen molar-refractivity contribution in [3.63, 3.8) is 0 Å². The number of carbonyl (C=O) groups excluding carboxylic acids is 2. The van der Waals surface area contributed by atoms with E-state index in [0.717, 1.165) is 36.1 Å². The average molecular weight is 445 g/mol. The van der Waals surface area contributed by atoms with Crippen LogP contribution in [0.5, 0.6) is 0 Å². The van der Waals surface area contributed by atoms with E-state index < -0.39 is 6.04 Å². The topological polar surface area (TPSA) is 49.4 Å². The fraction of sp³-hybridized carbons (Fsp3) is 0.417. The first-order valence-electron chi connectivity index (χ1n) is 10.5. The highest BCUT2D eigenvalue weighted by atomic mass is 35.5. The highest BCUT2D eigenvalue weighted by molar-refractivity contribution is 8.00. The Balaban J connectivity index is 1.69. The maximum atomic E-state index is 13.1. The quantitative estimate of drug-likeness (QED) is 0.562. The van der Waals surface area contributed by atoms with E-state index in [1.165, 1.54) is 18.2 Å². The molecule has 0 unspecified atom stereocenters. The van der Waals surface area contributed by atoms with Gasteiger partial charge in [-0.2, -0.15) is 0 Å². The number of carbonyl (C=O) groups is 2. The van der Waals surface area contributed by atoms with Gasteiger partial charge in [0.2, 0.25) is 11.8 Å². The van der Waals surface area contributed by atoms with E-state index in [1.807, 2.05) is 61.5 Å². The molecule has 2 aromatic rings. The maximum Gasteiger partial charge on any atom is 0.242 e. The lowest BCUT2D eigenvalue weighted by Gasteiger charge is -2.31. The van der Waals surface area contributed by atoms with Gasteiger partial charge in [0.15, 0.2) is 0 Å². The van der Waals surface area contributed by atoms with E-state index in [2.05, 4.69) is 5.32 Å². The third kappa shape index (κ3) is 6.78. The molecule has 0 bridgehead atoms. The first-order valence-corrected chi connectivity index (χ1v) is 11.9. The van der Waals surface area contributed by atoms with Gasteiger partial charge in [-0.05, 0) is 49.6 Å². The Morgan fingerprint density at radius 2 is 1.83 bits per heavy atom. The van der Waals surface area contributed by atoms with Crippen LogP contribution in [0, 0.1) is 0 Å². The van der Waals surface area contributed by atoms with Gasteiger partial charge in [-0.3, -0.25) is 9.59 Å². The van der Waals surface area contributed by atoms with Crippen LogP contribution in [0.4, 0.5) is 0 Å². The zero-order chi connectivity index (χ0) is 21.3. The van der Waals surface area contributed by atoms with Gasteiger partial charge in [-0.15, -0.1) is 11.8 Å². The second-order valence-electron chi connectivity index (χ2n) is 7.77. The minimum atomic E-state index is -0.546. The van der Waals surface area contributed by atoms with Crippen molar-refractivity contribution in [1.29, 1.82) is 0 Å². The highest BCUT2D eigenvalue weighted by Gasteiger charge is 2.28. The minimum Gasteiger partial charge on any atom is -0.352 e. The first-order chi connectivity index (χ1) is 14.5. The molecular formula is C24H29ClN2O2S. The van der Waals surface area contributed by atoms with E-state index in [4.69, 9.17) is 11.6 Å². The molecule has 1 saturated carbocycles. The normalized spacial score (nSPS) is 15.4. The number of amides is 2. The van der Waals surface area contributed by atoms with Crippen molar-refractivity contribution in [3.8, 4) is 0 Å². The first kappa shape index (κ1) is 22.7. The van der Waals surface area contributed by atoms with Crippen LogP contribution >= 0.6 is 23.4 Å². The number of rotatable bonds is 8. The largest absolute Gasteiger partial charge is 0.352 e. The number of halogens is 1. The SMILES string of the molecule is C[C@@H](C(=O)NC1CCCCC1)N(Cc1cccc(Cl)c1)C(=O)CSc1ccccc1. The molecule has 6 heteroatoms. The Hall–Kier alpha value is -1.98. The number of hydrogen-bond acceptors (Lipinski definition) is 3. The maximum absolute atomic E-state index is 13.1. The van der Waals surface area contributed by atoms with E-state index in [0.29, 0.717) is 11.6 Å². The molecule has 1 atom stereocenters. The molecule has 0 saturated heterocycles. The number of thioether (sulfide) groups is 1. The number of nitrogens with zero attached hydrogens (tertiary/aromatic N) is 1. The lowest BCUT2D eigenvalue weighted by Crippen LogP contribution is -2.50. The number of hydrogen-bond donors (Lipinski definition) is 1. The predicted octanol–water partition coefficient (Wildman–Crippen LogP) is 5.30. The molecule has 1 aliphatic carbocycles. The van der Waals surface area contributed by atoms with Crippen LogP contribution in [0.25, 0.3) is 0 Å². The molecular weight excluding hydrogens is 416 g/mol. The molecule has 0 aliphatic heterocycles. The van der Waals surface area contributed by atoms with E-state index >= 15 is 0 Å². The van der Waals surface area contributed by atoms with Gasteiger partial charge in [-0.1, -0.05) is 61.2 Å². The molecule has 1 aliphatic rings. The van der Waals surface area contributed by atoms with Gasteiger partial charge in [0.25, 0.3) is 0 Å². The molecule has 0 spiro atoms. The summed E-state index contributed by atoms with van der Waals surface area (Å²) in [6.07, 6.45) is 5.57. The van der Waals surface area contributed by atoms with Gasteiger partial charge in [0.05, 0.1) is 5.75 Å².